The van der Waals surface area contributed by atoms with Crippen LogP contribution in [0.2, 0.25) is 0 Å². The van der Waals surface area contributed by atoms with Gasteiger partial charge in [-0.2, -0.15) is 0 Å². The van der Waals surface area contributed by atoms with Gasteiger partial charge < -0.3 is 0 Å². The van der Waals surface area contributed by atoms with Crippen LogP contribution in [-0.2, 0) is 4.79 Å². The largest absolute Gasteiger partial charge is 0.290 e. The number of carbonyl (C=O) groups excluding carboxylic acids is 1. The van der Waals surface area contributed by atoms with Gasteiger partial charge in [-0.15, -0.1) is 0 Å². The van der Waals surface area contributed by atoms with Crippen molar-refractivity contribution in [2.45, 2.75) is 13.8 Å². The first-order valence-electron chi connectivity index (χ1n) is 2.62. The summed E-state index contributed by atoms with van der Waals surface area (Å²) < 4.78 is 0. The molecular weight excluding hydrogens is 136 g/mol. The fourth-order valence-electron chi connectivity index (χ4n) is 0.395. The summed E-state index contributed by atoms with van der Waals surface area (Å²) in [5.41, 5.74) is 2.19. The molecule has 0 aliphatic carbocycles. The average molecular weight is 145 g/mol. The van der Waals surface area contributed by atoms with Crippen molar-refractivity contribution in [3.05, 3.63) is 23.3 Å². The summed E-state index contributed by atoms with van der Waals surface area (Å²) in [6.07, 6.45) is 2.84. The highest BCUT2D eigenvalue weighted by Gasteiger charge is 1.86. The van der Waals surface area contributed by atoms with Gasteiger partial charge in [0.25, 0.3) is 0 Å². The van der Waals surface area contributed by atoms with Crippen LogP contribution >= 0.6 is 11.6 Å². The van der Waals surface area contributed by atoms with Gasteiger partial charge in [0.15, 0.2) is 5.78 Å². The molecule has 0 aliphatic heterocycles. The Kier molecular flexibility index (Phi) is 4.06. The molecule has 2 heteroatoms. The zero-order valence-corrected chi connectivity index (χ0v) is 6.27. The van der Waals surface area contributed by atoms with E-state index in [2.05, 4.69) is 0 Å². The number of allylic oxidation sites excluding steroid dienone is 3. The van der Waals surface area contributed by atoms with E-state index < -0.39 is 0 Å². The summed E-state index contributed by atoms with van der Waals surface area (Å²) in [6.45, 7) is 3.72. The van der Waals surface area contributed by atoms with E-state index in [1.165, 1.54) is 17.7 Å². The molecule has 0 saturated carbocycles. The van der Waals surface area contributed by atoms with E-state index in [-0.39, 0.29) is 5.78 Å². The third-order valence-corrected chi connectivity index (χ3v) is 0.784. The van der Waals surface area contributed by atoms with Crippen LogP contribution in [0.1, 0.15) is 13.8 Å². The van der Waals surface area contributed by atoms with E-state index in [1.807, 2.05) is 13.8 Å². The third kappa shape index (κ3) is 5.31. The molecule has 0 heterocycles. The van der Waals surface area contributed by atoms with Crippen LogP contribution in [0, 0.1) is 0 Å². The van der Waals surface area contributed by atoms with E-state index in [0.717, 1.165) is 5.57 Å². The lowest BCUT2D eigenvalue weighted by Gasteiger charge is -1.83. The molecule has 0 bridgehead atoms. The standard InChI is InChI=1S/C7H9ClO/c1-6(2)5-7(9)3-4-8/h3-5H,1-2H3. The van der Waals surface area contributed by atoms with Crippen LogP contribution in [0.3, 0.4) is 0 Å². The summed E-state index contributed by atoms with van der Waals surface area (Å²) in [5, 5.41) is 0. The highest BCUT2D eigenvalue weighted by atomic mass is 35.5. The number of rotatable bonds is 2. The van der Waals surface area contributed by atoms with Gasteiger partial charge in [0.1, 0.15) is 0 Å². The van der Waals surface area contributed by atoms with Gasteiger partial charge in [0.05, 0.1) is 0 Å². The van der Waals surface area contributed by atoms with Gasteiger partial charge in [0, 0.05) is 5.54 Å². The number of carbonyl (C=O) groups is 1. The Labute approximate surface area is 60.0 Å². The Morgan fingerprint density at radius 1 is 1.44 bits per heavy atom. The lowest BCUT2D eigenvalue weighted by molar-refractivity contribution is -0.110. The minimum absolute atomic E-state index is 0.0648. The van der Waals surface area contributed by atoms with E-state index in [1.54, 1.807) is 0 Å². The van der Waals surface area contributed by atoms with Crippen molar-refractivity contribution in [1.29, 1.82) is 0 Å². The van der Waals surface area contributed by atoms with Crippen molar-refractivity contribution in [2.24, 2.45) is 0 Å². The van der Waals surface area contributed by atoms with Gasteiger partial charge in [-0.3, -0.25) is 4.79 Å². The van der Waals surface area contributed by atoms with E-state index >= 15 is 0 Å². The summed E-state index contributed by atoms with van der Waals surface area (Å²) in [5.74, 6) is -0.0648. The lowest BCUT2D eigenvalue weighted by atomic mass is 10.2. The van der Waals surface area contributed by atoms with Crippen molar-refractivity contribution < 1.29 is 4.79 Å². The molecule has 0 aliphatic rings. The first-order valence-corrected chi connectivity index (χ1v) is 3.06. The van der Waals surface area contributed by atoms with Crippen molar-refractivity contribution >= 4 is 17.4 Å². The summed E-state index contributed by atoms with van der Waals surface area (Å²) >= 11 is 5.15. The van der Waals surface area contributed by atoms with Crippen LogP contribution in [0.25, 0.3) is 0 Å². The molecule has 0 atom stereocenters. The predicted octanol–water partition coefficient (Wildman–Crippen LogP) is 2.27. The molecule has 9 heavy (non-hydrogen) atoms. The maximum atomic E-state index is 10.6. The SMILES string of the molecule is CC(C)=CC(=O)C=CCl. The minimum Gasteiger partial charge on any atom is -0.290 e. The zero-order valence-electron chi connectivity index (χ0n) is 5.52. The quantitative estimate of drug-likeness (QED) is 0.544. The third-order valence-electron chi connectivity index (χ3n) is 0.658. The second kappa shape index (κ2) is 4.33. The Morgan fingerprint density at radius 3 is 2.33 bits per heavy atom. The van der Waals surface area contributed by atoms with Crippen molar-refractivity contribution in [2.75, 3.05) is 0 Å². The van der Waals surface area contributed by atoms with Gasteiger partial charge in [-0.05, 0) is 26.0 Å². The van der Waals surface area contributed by atoms with Crippen LogP contribution in [-0.4, -0.2) is 5.78 Å². The molecule has 0 aromatic rings. The second-order valence-electron chi connectivity index (χ2n) is 1.92. The minimum atomic E-state index is -0.0648. The molecular formula is C7H9ClO. The van der Waals surface area contributed by atoms with Gasteiger partial charge in [0.2, 0.25) is 0 Å². The topological polar surface area (TPSA) is 17.1 Å². The molecule has 0 radical (unpaired) electrons. The van der Waals surface area contributed by atoms with Gasteiger partial charge in [-0.1, -0.05) is 17.2 Å². The number of hydrogen-bond donors (Lipinski definition) is 0. The van der Waals surface area contributed by atoms with E-state index in [4.69, 9.17) is 11.6 Å². The first kappa shape index (κ1) is 8.44. The predicted molar refractivity (Wildman–Crippen MR) is 39.4 cm³/mol. The first-order chi connectivity index (χ1) is 4.16. The average Bonchev–Trinajstić information content (AvgIpc) is 1.63. The Hall–Kier alpha value is -0.560. The Morgan fingerprint density at radius 2 is 2.00 bits per heavy atom. The summed E-state index contributed by atoms with van der Waals surface area (Å²) in [4.78, 5) is 10.6. The van der Waals surface area contributed by atoms with Crippen molar-refractivity contribution in [3.8, 4) is 0 Å². The normalized spacial score (nSPS) is 9.67. The maximum Gasteiger partial charge on any atom is 0.179 e. The van der Waals surface area contributed by atoms with E-state index in [9.17, 15) is 4.79 Å². The number of halogens is 1. The van der Waals surface area contributed by atoms with Crippen LogP contribution < -0.4 is 0 Å². The smallest absolute Gasteiger partial charge is 0.179 e. The Bertz CT molecular complexity index is 152. The highest BCUT2D eigenvalue weighted by molar-refractivity contribution is 6.27. The molecule has 0 spiro atoms. The van der Waals surface area contributed by atoms with Crippen LogP contribution in [0.15, 0.2) is 23.3 Å². The van der Waals surface area contributed by atoms with Crippen LogP contribution in [0.5, 0.6) is 0 Å². The number of hydrogen-bond acceptors (Lipinski definition) is 1. The molecule has 0 N–H and O–H groups in total. The lowest BCUT2D eigenvalue weighted by Crippen LogP contribution is -1.84. The summed E-state index contributed by atoms with van der Waals surface area (Å²) in [6, 6.07) is 0. The number of ketones is 1. The molecule has 0 saturated heterocycles. The van der Waals surface area contributed by atoms with E-state index in [0.29, 0.717) is 0 Å². The molecule has 0 fully saturated rings. The van der Waals surface area contributed by atoms with Crippen molar-refractivity contribution in [3.63, 3.8) is 0 Å². The molecule has 0 aromatic heterocycles. The Balaban J connectivity index is 3.93. The molecule has 0 rings (SSSR count). The highest BCUT2D eigenvalue weighted by Crippen LogP contribution is 1.90. The van der Waals surface area contributed by atoms with Gasteiger partial charge >= 0.3 is 0 Å². The molecule has 50 valence electrons. The summed E-state index contributed by atoms with van der Waals surface area (Å²) in [7, 11) is 0. The zero-order chi connectivity index (χ0) is 7.28. The fraction of sp³-hybridized carbons (Fsp3) is 0.286. The molecule has 0 unspecified atom stereocenters. The van der Waals surface area contributed by atoms with Crippen molar-refractivity contribution in [1.82, 2.24) is 0 Å². The van der Waals surface area contributed by atoms with Gasteiger partial charge in [-0.25, -0.2) is 0 Å². The fourth-order valence-corrected chi connectivity index (χ4v) is 0.519. The van der Waals surface area contributed by atoms with Crippen LogP contribution in [0.4, 0.5) is 0 Å². The molecule has 0 amide bonds. The maximum absolute atomic E-state index is 10.6. The second-order valence-corrected chi connectivity index (χ2v) is 2.17. The monoisotopic (exact) mass is 144 g/mol. The molecule has 0 aromatic carbocycles. The molecule has 1 nitrogen and oxygen atoms in total.